The fraction of sp³-hybridized carbons (Fsp3) is 0.286. The zero-order chi connectivity index (χ0) is 18.9. The van der Waals surface area contributed by atoms with Gasteiger partial charge in [0.05, 0.1) is 4.70 Å². The molecule has 3 N–H and O–H groups in total. The number of halogens is 2. The number of piperazine rings is 1. The molecule has 0 saturated carbocycles. The van der Waals surface area contributed by atoms with Gasteiger partial charge < -0.3 is 15.4 Å². The van der Waals surface area contributed by atoms with Gasteiger partial charge in [0.2, 0.25) is 0 Å². The van der Waals surface area contributed by atoms with Crippen LogP contribution in [0.5, 0.6) is 5.75 Å². The molecule has 2 aromatic heterocycles. The van der Waals surface area contributed by atoms with Crippen molar-refractivity contribution in [3.05, 3.63) is 54.2 Å². The lowest BCUT2D eigenvalue weighted by Crippen LogP contribution is -2.47. The van der Waals surface area contributed by atoms with Crippen LogP contribution in [0.25, 0.3) is 21.0 Å². The van der Waals surface area contributed by atoms with E-state index in [9.17, 15) is 4.53 Å². The zero-order valence-corrected chi connectivity index (χ0v) is 17.9. The summed E-state index contributed by atoms with van der Waals surface area (Å²) >= 11 is 1.56. The average molecular weight is 451 g/mol. The summed E-state index contributed by atoms with van der Waals surface area (Å²) in [6.07, 6.45) is 2.62. The van der Waals surface area contributed by atoms with Crippen molar-refractivity contribution in [3.63, 3.8) is 0 Å². The summed E-state index contributed by atoms with van der Waals surface area (Å²) in [5.41, 5.74) is 1.79. The largest absolute Gasteiger partial charge is 0.412 e. The van der Waals surface area contributed by atoms with E-state index >= 15 is 0 Å². The van der Waals surface area contributed by atoms with E-state index in [-0.39, 0.29) is 17.9 Å². The molecule has 0 radical (unpaired) electrons. The van der Waals surface area contributed by atoms with E-state index in [0.29, 0.717) is 5.75 Å². The molecule has 0 atom stereocenters. The zero-order valence-electron chi connectivity index (χ0n) is 16.3. The Morgan fingerprint density at radius 2 is 1.90 bits per heavy atom. The Morgan fingerprint density at radius 3 is 2.70 bits per heavy atom. The number of benzene rings is 2. The minimum atomic E-state index is 0. The number of rotatable bonds is 5. The molecule has 6 nitrogen and oxygen atoms in total. The monoisotopic (exact) mass is 450 g/mol. The molecule has 1 saturated heterocycles. The quantitative estimate of drug-likeness (QED) is 0.498. The van der Waals surface area contributed by atoms with Crippen LogP contribution in [-0.2, 0) is 6.42 Å². The van der Waals surface area contributed by atoms with Gasteiger partial charge >= 0.3 is 0 Å². The summed E-state index contributed by atoms with van der Waals surface area (Å²) in [7, 11) is 0. The summed E-state index contributed by atoms with van der Waals surface area (Å²) in [4.78, 5) is 12.0. The van der Waals surface area contributed by atoms with Gasteiger partial charge in [-0.25, -0.2) is 0 Å². The Morgan fingerprint density at radius 1 is 1.10 bits per heavy atom. The van der Waals surface area contributed by atoms with Crippen molar-refractivity contribution in [1.82, 2.24) is 14.3 Å². The van der Waals surface area contributed by atoms with Crippen LogP contribution in [0.2, 0.25) is 0 Å². The van der Waals surface area contributed by atoms with E-state index in [4.69, 9.17) is 0 Å². The van der Waals surface area contributed by atoms with Crippen LogP contribution in [0.4, 0.5) is 10.3 Å². The molecule has 0 amide bonds. The Kier molecular flexibility index (Phi) is 7.14. The van der Waals surface area contributed by atoms with Crippen molar-refractivity contribution in [2.45, 2.75) is 6.42 Å². The van der Waals surface area contributed by atoms with Crippen molar-refractivity contribution in [1.29, 1.82) is 0 Å². The van der Waals surface area contributed by atoms with E-state index in [1.54, 1.807) is 17.6 Å². The maximum absolute atomic E-state index is 13.0. The number of anilines is 1. The third-order valence-corrected chi connectivity index (χ3v) is 6.36. The molecule has 30 heavy (non-hydrogen) atoms. The fourth-order valence-corrected chi connectivity index (χ4v) is 4.75. The van der Waals surface area contributed by atoms with E-state index < -0.39 is 0 Å². The van der Waals surface area contributed by atoms with E-state index in [2.05, 4.69) is 48.4 Å². The second-order valence-electron chi connectivity index (χ2n) is 7.18. The molecule has 9 heteroatoms. The van der Waals surface area contributed by atoms with Gasteiger partial charge in [-0.1, -0.05) is 12.1 Å². The first-order chi connectivity index (χ1) is 13.8. The molecule has 0 bridgehead atoms. The Balaban J connectivity index is 0.00000128. The number of fused-ring (bicyclic) bond motifs is 2. The number of aromatic amines is 1. The number of nitrogens with one attached hydrogen (secondary N) is 1. The normalized spacial score (nSPS) is 14.5. The van der Waals surface area contributed by atoms with Gasteiger partial charge in [-0.3, -0.25) is 9.84 Å². The molecule has 2 aromatic carbocycles. The summed E-state index contributed by atoms with van der Waals surface area (Å²) in [6, 6.07) is 14.1. The highest BCUT2D eigenvalue weighted by atomic mass is 35.5. The summed E-state index contributed by atoms with van der Waals surface area (Å²) in [5.74, 6) is 1.41. The third-order valence-electron chi connectivity index (χ3n) is 5.55. The second kappa shape index (κ2) is 9.61. The molecular formula is C21H24ClFN4O2S. The van der Waals surface area contributed by atoms with Gasteiger partial charge in [0.15, 0.2) is 5.75 Å². The van der Waals surface area contributed by atoms with Crippen LogP contribution in [0.3, 0.4) is 0 Å². The standard InChI is InChI=1S/C21H21FN4OS.ClH.H2O/c22-27-19-14-18-15(5-7-23-18)13-16(19)6-8-25-9-11-26(12-10-25)21-17-3-1-2-4-20(17)28-24-21;;/h1-5,7,13-14,23H,6,8-12H2;1H;1H2. The maximum atomic E-state index is 13.0. The van der Waals surface area contributed by atoms with Crippen molar-refractivity contribution in [3.8, 4) is 5.75 Å². The van der Waals surface area contributed by atoms with Crippen molar-refractivity contribution < 1.29 is 14.9 Å². The van der Waals surface area contributed by atoms with Gasteiger partial charge in [-0.2, -0.15) is 4.37 Å². The number of nitrogens with zero attached hydrogens (tertiary/aromatic N) is 3. The first-order valence-electron chi connectivity index (χ1n) is 9.52. The summed E-state index contributed by atoms with van der Waals surface area (Å²) in [5, 5.41) is 2.32. The maximum Gasteiger partial charge on any atom is 0.177 e. The number of hydrogen-bond donors (Lipinski definition) is 1. The Hall–Kier alpha value is -2.39. The van der Waals surface area contributed by atoms with Crippen LogP contribution in [0.1, 0.15) is 5.56 Å². The molecule has 3 heterocycles. The first kappa shape index (κ1) is 22.3. The van der Waals surface area contributed by atoms with Crippen LogP contribution in [-0.4, -0.2) is 52.5 Å². The van der Waals surface area contributed by atoms with Crippen molar-refractivity contribution >= 4 is 50.7 Å². The Bertz CT molecular complexity index is 1110. The van der Waals surface area contributed by atoms with Crippen LogP contribution >= 0.6 is 23.9 Å². The molecule has 1 fully saturated rings. The number of H-pyrrole nitrogens is 1. The fourth-order valence-electron chi connectivity index (χ4n) is 3.96. The highest BCUT2D eigenvalue weighted by molar-refractivity contribution is 7.13. The Labute approximate surface area is 184 Å². The predicted molar refractivity (Wildman–Crippen MR) is 123 cm³/mol. The lowest BCUT2D eigenvalue weighted by Gasteiger charge is -2.35. The van der Waals surface area contributed by atoms with E-state index in [1.807, 2.05) is 18.3 Å². The van der Waals surface area contributed by atoms with E-state index in [1.165, 1.54) is 10.1 Å². The van der Waals surface area contributed by atoms with Crippen LogP contribution in [0, 0.1) is 0 Å². The molecule has 5 rings (SSSR count). The molecule has 0 aliphatic carbocycles. The highest BCUT2D eigenvalue weighted by Crippen LogP contribution is 2.30. The molecule has 4 aromatic rings. The van der Waals surface area contributed by atoms with Gasteiger partial charge in [-0.05, 0) is 47.6 Å². The molecule has 1 aliphatic rings. The third kappa shape index (κ3) is 4.22. The average Bonchev–Trinajstić information content (AvgIpc) is 3.38. The minimum Gasteiger partial charge on any atom is -0.412 e. The molecule has 0 spiro atoms. The predicted octanol–water partition coefficient (Wildman–Crippen LogP) is 4.00. The first-order valence-corrected chi connectivity index (χ1v) is 10.3. The van der Waals surface area contributed by atoms with Crippen molar-refractivity contribution in [2.24, 2.45) is 0 Å². The van der Waals surface area contributed by atoms with Gasteiger partial charge in [-0.15, -0.1) is 12.4 Å². The van der Waals surface area contributed by atoms with Gasteiger partial charge in [0.25, 0.3) is 0 Å². The molecule has 1 aliphatic heterocycles. The minimum absolute atomic E-state index is 0. The number of aromatic nitrogens is 2. The lowest BCUT2D eigenvalue weighted by atomic mass is 10.1. The SMILES string of the molecule is Cl.FOc1cc2[nH]ccc2cc1CCN1CCN(c2nsc3ccccc23)CC1.O. The van der Waals surface area contributed by atoms with Crippen LogP contribution < -0.4 is 9.84 Å². The molecule has 0 unspecified atom stereocenters. The second-order valence-corrected chi connectivity index (χ2v) is 7.99. The van der Waals surface area contributed by atoms with Crippen LogP contribution in [0.15, 0.2) is 48.7 Å². The lowest BCUT2D eigenvalue weighted by molar-refractivity contribution is -0.00728. The molecular weight excluding hydrogens is 427 g/mol. The van der Waals surface area contributed by atoms with Gasteiger partial charge in [0.1, 0.15) is 5.82 Å². The van der Waals surface area contributed by atoms with Gasteiger partial charge in [0, 0.05) is 66.0 Å². The molecule has 160 valence electrons. The van der Waals surface area contributed by atoms with E-state index in [0.717, 1.165) is 61.4 Å². The smallest absolute Gasteiger partial charge is 0.177 e. The topological polar surface area (TPSA) is 75.9 Å². The summed E-state index contributed by atoms with van der Waals surface area (Å²) < 4.78 is 18.9. The highest BCUT2D eigenvalue weighted by Gasteiger charge is 2.21. The van der Waals surface area contributed by atoms with Crippen molar-refractivity contribution in [2.75, 3.05) is 37.6 Å². The summed E-state index contributed by atoms with van der Waals surface area (Å²) in [6.45, 7) is 4.75. The number of hydrogen-bond acceptors (Lipinski definition) is 5.